The Balaban J connectivity index is 1.38. The van der Waals surface area contributed by atoms with Crippen LogP contribution in [0.3, 0.4) is 0 Å². The van der Waals surface area contributed by atoms with Crippen LogP contribution < -0.4 is 10.6 Å². The molecule has 0 fully saturated rings. The van der Waals surface area contributed by atoms with Crippen molar-refractivity contribution in [2.75, 3.05) is 18.5 Å². The molecule has 0 radical (unpaired) electrons. The molecule has 1 aliphatic rings. The molecule has 0 aliphatic heterocycles. The molecule has 0 atom stereocenters. The van der Waals surface area contributed by atoms with Gasteiger partial charge in [-0.25, -0.2) is 4.79 Å². The molecule has 0 saturated heterocycles. The molecule has 33 heavy (non-hydrogen) atoms. The maximum absolute atomic E-state index is 12.5. The number of hydrogen-bond donors (Lipinski definition) is 3. The number of carbonyl (C=O) groups is 3. The van der Waals surface area contributed by atoms with E-state index < -0.39 is 18.0 Å². The number of carboxylic acid groups (broad SMARTS) is 1. The minimum atomic E-state index is -0.987. The average molecular weight is 509 g/mol. The summed E-state index contributed by atoms with van der Waals surface area (Å²) in [5.41, 5.74) is 5.36. The Morgan fingerprint density at radius 2 is 1.58 bits per heavy atom. The Morgan fingerprint density at radius 3 is 2.18 bits per heavy atom. The van der Waals surface area contributed by atoms with Crippen LogP contribution in [-0.2, 0) is 9.53 Å². The quantitative estimate of drug-likeness (QED) is 0.415. The lowest BCUT2D eigenvalue weighted by Gasteiger charge is -2.15. The van der Waals surface area contributed by atoms with Crippen molar-refractivity contribution in [2.24, 2.45) is 0 Å². The second kappa shape index (κ2) is 9.87. The number of amides is 2. The molecule has 0 bridgehead atoms. The number of halogens is 1. The van der Waals surface area contributed by atoms with E-state index >= 15 is 0 Å². The lowest BCUT2D eigenvalue weighted by Crippen LogP contribution is -2.26. The number of nitrogens with one attached hydrogen (secondary N) is 2. The first-order valence-electron chi connectivity index (χ1n) is 10.4. The third-order valence-electron chi connectivity index (χ3n) is 5.44. The summed E-state index contributed by atoms with van der Waals surface area (Å²) in [6.07, 6.45) is -0.759. The molecule has 7 nitrogen and oxygen atoms in total. The summed E-state index contributed by atoms with van der Waals surface area (Å²) in [5.74, 6) is -1.42. The van der Waals surface area contributed by atoms with Crippen molar-refractivity contribution in [1.29, 1.82) is 0 Å². The van der Waals surface area contributed by atoms with E-state index in [4.69, 9.17) is 9.84 Å². The van der Waals surface area contributed by atoms with E-state index in [-0.39, 0.29) is 25.5 Å². The number of benzene rings is 3. The SMILES string of the molecule is O=C(O)CCNC(=O)c1ccc(NC(=O)OCC2c3ccccc3-c3ccccc32)c(Br)c1. The monoisotopic (exact) mass is 508 g/mol. The fourth-order valence-electron chi connectivity index (χ4n) is 3.89. The van der Waals surface area contributed by atoms with E-state index in [1.54, 1.807) is 18.2 Å². The minimum absolute atomic E-state index is 0.0333. The molecule has 2 amide bonds. The number of anilines is 1. The Kier molecular flexibility index (Phi) is 6.74. The van der Waals surface area contributed by atoms with Crippen LogP contribution in [0.2, 0.25) is 0 Å². The summed E-state index contributed by atoms with van der Waals surface area (Å²) < 4.78 is 6.05. The molecule has 0 aromatic heterocycles. The van der Waals surface area contributed by atoms with Crippen LogP contribution in [-0.4, -0.2) is 36.2 Å². The first kappa shape index (κ1) is 22.5. The highest BCUT2D eigenvalue weighted by atomic mass is 79.9. The van der Waals surface area contributed by atoms with Gasteiger partial charge in [-0.3, -0.25) is 14.9 Å². The molecule has 0 heterocycles. The summed E-state index contributed by atoms with van der Waals surface area (Å²) in [7, 11) is 0. The van der Waals surface area contributed by atoms with Gasteiger partial charge in [-0.05, 0) is 56.4 Å². The molecule has 3 aromatic rings. The Morgan fingerprint density at radius 1 is 0.939 bits per heavy atom. The zero-order valence-electron chi connectivity index (χ0n) is 17.5. The summed E-state index contributed by atoms with van der Waals surface area (Å²) in [5, 5.41) is 13.9. The van der Waals surface area contributed by atoms with Gasteiger partial charge in [0.25, 0.3) is 5.91 Å². The second-order valence-corrected chi connectivity index (χ2v) is 8.40. The van der Waals surface area contributed by atoms with Crippen LogP contribution in [0, 0.1) is 0 Å². The molecule has 4 rings (SSSR count). The van der Waals surface area contributed by atoms with Crippen LogP contribution in [0.1, 0.15) is 33.8 Å². The zero-order valence-corrected chi connectivity index (χ0v) is 19.1. The first-order chi connectivity index (χ1) is 15.9. The fourth-order valence-corrected chi connectivity index (χ4v) is 4.37. The highest BCUT2D eigenvalue weighted by Gasteiger charge is 2.29. The molecule has 8 heteroatoms. The second-order valence-electron chi connectivity index (χ2n) is 7.54. The molecule has 0 saturated carbocycles. The van der Waals surface area contributed by atoms with Gasteiger partial charge >= 0.3 is 12.1 Å². The van der Waals surface area contributed by atoms with Crippen LogP contribution in [0.25, 0.3) is 11.1 Å². The molecule has 1 aliphatic carbocycles. The maximum Gasteiger partial charge on any atom is 0.411 e. The molecular formula is C25H21BrN2O5. The third-order valence-corrected chi connectivity index (χ3v) is 6.09. The number of fused-ring (bicyclic) bond motifs is 3. The van der Waals surface area contributed by atoms with E-state index in [0.717, 1.165) is 22.3 Å². The van der Waals surface area contributed by atoms with Crippen molar-refractivity contribution in [3.05, 3.63) is 87.9 Å². The van der Waals surface area contributed by atoms with E-state index in [1.807, 2.05) is 24.3 Å². The van der Waals surface area contributed by atoms with Gasteiger partial charge in [0.15, 0.2) is 0 Å². The van der Waals surface area contributed by atoms with Crippen molar-refractivity contribution < 1.29 is 24.2 Å². The van der Waals surface area contributed by atoms with Gasteiger partial charge in [-0.1, -0.05) is 48.5 Å². The van der Waals surface area contributed by atoms with Gasteiger partial charge in [0, 0.05) is 22.5 Å². The predicted molar refractivity (Wildman–Crippen MR) is 127 cm³/mol. The smallest absolute Gasteiger partial charge is 0.411 e. The number of carbonyl (C=O) groups excluding carboxylic acids is 2. The van der Waals surface area contributed by atoms with Gasteiger partial charge in [0.1, 0.15) is 6.61 Å². The number of aliphatic carboxylic acids is 1. The Bertz CT molecular complexity index is 1180. The number of hydrogen-bond acceptors (Lipinski definition) is 4. The number of ether oxygens (including phenoxy) is 1. The highest BCUT2D eigenvalue weighted by molar-refractivity contribution is 9.10. The summed E-state index contributed by atoms with van der Waals surface area (Å²) in [6.45, 7) is 0.229. The topological polar surface area (TPSA) is 105 Å². The molecular weight excluding hydrogens is 488 g/mol. The van der Waals surface area contributed by atoms with Crippen molar-refractivity contribution in [3.8, 4) is 11.1 Å². The standard InChI is InChI=1S/C25H21BrN2O5/c26-21-13-15(24(31)27-12-11-23(29)30)9-10-22(21)28-25(32)33-14-20-18-7-3-1-5-16(18)17-6-2-4-8-19(17)20/h1-10,13,20H,11-12,14H2,(H,27,31)(H,28,32)(H,29,30). The van der Waals surface area contributed by atoms with Gasteiger partial charge in [-0.15, -0.1) is 0 Å². The Labute approximate surface area is 198 Å². The van der Waals surface area contributed by atoms with Crippen LogP contribution in [0.5, 0.6) is 0 Å². The van der Waals surface area contributed by atoms with Crippen molar-refractivity contribution in [1.82, 2.24) is 5.32 Å². The molecule has 0 spiro atoms. The average Bonchev–Trinajstić information content (AvgIpc) is 3.12. The lowest BCUT2D eigenvalue weighted by atomic mass is 9.98. The normalized spacial score (nSPS) is 11.9. The van der Waals surface area contributed by atoms with Crippen molar-refractivity contribution in [2.45, 2.75) is 12.3 Å². The van der Waals surface area contributed by atoms with Gasteiger partial charge in [0.05, 0.1) is 12.1 Å². The van der Waals surface area contributed by atoms with E-state index in [0.29, 0.717) is 15.7 Å². The van der Waals surface area contributed by atoms with Gasteiger partial charge in [0.2, 0.25) is 0 Å². The number of rotatable bonds is 7. The summed E-state index contributed by atoms with van der Waals surface area (Å²) in [6, 6.07) is 20.9. The van der Waals surface area contributed by atoms with Crippen molar-refractivity contribution >= 4 is 39.6 Å². The molecule has 3 aromatic carbocycles. The van der Waals surface area contributed by atoms with E-state index in [1.165, 1.54) is 0 Å². The predicted octanol–water partition coefficient (Wildman–Crippen LogP) is 5.01. The molecule has 3 N–H and O–H groups in total. The largest absolute Gasteiger partial charge is 0.481 e. The van der Waals surface area contributed by atoms with Crippen LogP contribution in [0.15, 0.2) is 71.2 Å². The fraction of sp³-hybridized carbons (Fsp3) is 0.160. The third kappa shape index (κ3) is 5.06. The van der Waals surface area contributed by atoms with Crippen LogP contribution in [0.4, 0.5) is 10.5 Å². The Hall–Kier alpha value is -3.65. The molecule has 168 valence electrons. The van der Waals surface area contributed by atoms with Crippen molar-refractivity contribution in [3.63, 3.8) is 0 Å². The summed E-state index contributed by atoms with van der Waals surface area (Å²) in [4.78, 5) is 35.2. The minimum Gasteiger partial charge on any atom is -0.481 e. The highest BCUT2D eigenvalue weighted by Crippen LogP contribution is 2.44. The first-order valence-corrected chi connectivity index (χ1v) is 11.1. The number of carboxylic acids is 1. The van der Waals surface area contributed by atoms with Crippen LogP contribution >= 0.6 is 15.9 Å². The lowest BCUT2D eigenvalue weighted by molar-refractivity contribution is -0.136. The van der Waals surface area contributed by atoms with Gasteiger partial charge < -0.3 is 15.2 Å². The van der Waals surface area contributed by atoms with E-state index in [2.05, 4.69) is 50.8 Å². The van der Waals surface area contributed by atoms with E-state index in [9.17, 15) is 14.4 Å². The molecule has 0 unspecified atom stereocenters. The van der Waals surface area contributed by atoms with Gasteiger partial charge in [-0.2, -0.15) is 0 Å². The zero-order chi connectivity index (χ0) is 23.4. The maximum atomic E-state index is 12.5. The summed E-state index contributed by atoms with van der Waals surface area (Å²) >= 11 is 3.35.